The Bertz CT molecular complexity index is 678. The fourth-order valence-corrected chi connectivity index (χ4v) is 4.32. The lowest BCUT2D eigenvalue weighted by Gasteiger charge is -2.29. The van der Waals surface area contributed by atoms with E-state index in [1.807, 2.05) is 35.0 Å². The number of likely N-dealkylation sites (tertiary alicyclic amines) is 2. The average Bonchev–Trinajstić information content (AvgIpc) is 3.33. The molecular formula is C21H31ClN4O2. The van der Waals surface area contributed by atoms with Gasteiger partial charge in [-0.15, -0.1) is 0 Å². The summed E-state index contributed by atoms with van der Waals surface area (Å²) in [6.45, 7) is 5.20. The maximum Gasteiger partial charge on any atom is 0.234 e. The molecule has 0 aliphatic carbocycles. The van der Waals surface area contributed by atoms with E-state index in [9.17, 15) is 9.59 Å². The lowest BCUT2D eigenvalue weighted by atomic mass is 10.1. The molecule has 0 aromatic heterocycles. The molecule has 1 unspecified atom stereocenters. The predicted molar refractivity (Wildman–Crippen MR) is 111 cm³/mol. The van der Waals surface area contributed by atoms with Crippen molar-refractivity contribution in [3.05, 3.63) is 34.9 Å². The van der Waals surface area contributed by atoms with Gasteiger partial charge in [-0.3, -0.25) is 19.4 Å². The first-order chi connectivity index (χ1) is 13.5. The van der Waals surface area contributed by atoms with E-state index in [4.69, 9.17) is 11.6 Å². The third kappa shape index (κ3) is 5.69. The first kappa shape index (κ1) is 21.1. The van der Waals surface area contributed by atoms with E-state index in [1.165, 1.54) is 12.8 Å². The van der Waals surface area contributed by atoms with Gasteiger partial charge in [-0.1, -0.05) is 29.8 Å². The van der Waals surface area contributed by atoms with E-state index in [-0.39, 0.29) is 17.9 Å². The zero-order valence-electron chi connectivity index (χ0n) is 16.7. The second-order valence-corrected chi connectivity index (χ2v) is 8.21. The highest BCUT2D eigenvalue weighted by atomic mass is 35.5. The summed E-state index contributed by atoms with van der Waals surface area (Å²) in [4.78, 5) is 30.4. The molecule has 0 saturated carbocycles. The Hall–Kier alpha value is -1.63. The van der Waals surface area contributed by atoms with Crippen LogP contribution in [0.25, 0.3) is 0 Å². The molecule has 154 valence electrons. The molecule has 1 aromatic carbocycles. The predicted octanol–water partition coefficient (Wildman–Crippen LogP) is 2.15. The Labute approximate surface area is 172 Å². The van der Waals surface area contributed by atoms with Crippen molar-refractivity contribution in [2.45, 2.75) is 31.7 Å². The van der Waals surface area contributed by atoms with Gasteiger partial charge in [0.2, 0.25) is 11.8 Å². The summed E-state index contributed by atoms with van der Waals surface area (Å²) in [5, 5.41) is 3.84. The van der Waals surface area contributed by atoms with Gasteiger partial charge in [-0.25, -0.2) is 0 Å². The van der Waals surface area contributed by atoms with E-state index >= 15 is 0 Å². The number of carbonyl (C=O) groups is 2. The Morgan fingerprint density at radius 1 is 1.21 bits per heavy atom. The van der Waals surface area contributed by atoms with Gasteiger partial charge in [0, 0.05) is 37.6 Å². The average molecular weight is 407 g/mol. The van der Waals surface area contributed by atoms with Crippen LogP contribution in [0.15, 0.2) is 24.3 Å². The van der Waals surface area contributed by atoms with Crippen molar-refractivity contribution in [3.8, 4) is 0 Å². The standard InChI is InChI=1S/C21H31ClN4O2/c1-24(13-14-26-12-6-9-21(26)28)16-20(27)23-15-19(25-10-4-5-11-25)17-7-2-3-8-18(17)22/h2-3,7-8,19H,4-6,9-16H2,1H3,(H,23,27). The quantitative estimate of drug-likeness (QED) is 0.682. The minimum absolute atomic E-state index is 0.00602. The van der Waals surface area contributed by atoms with Crippen LogP contribution in [0.4, 0.5) is 0 Å². The first-order valence-electron chi connectivity index (χ1n) is 10.3. The van der Waals surface area contributed by atoms with Crippen molar-refractivity contribution in [3.63, 3.8) is 0 Å². The van der Waals surface area contributed by atoms with Gasteiger partial charge in [-0.05, 0) is 51.0 Å². The lowest BCUT2D eigenvalue weighted by Crippen LogP contribution is -2.42. The highest BCUT2D eigenvalue weighted by molar-refractivity contribution is 6.31. The summed E-state index contributed by atoms with van der Waals surface area (Å²) in [6, 6.07) is 8.00. The minimum Gasteiger partial charge on any atom is -0.353 e. The second-order valence-electron chi connectivity index (χ2n) is 7.81. The fourth-order valence-electron chi connectivity index (χ4n) is 4.06. The van der Waals surface area contributed by atoms with Crippen molar-refractivity contribution in [2.75, 3.05) is 52.9 Å². The number of halogens is 1. The minimum atomic E-state index is 0.00602. The van der Waals surface area contributed by atoms with Gasteiger partial charge < -0.3 is 10.2 Å². The smallest absolute Gasteiger partial charge is 0.234 e. The molecule has 2 heterocycles. The van der Waals surface area contributed by atoms with Gasteiger partial charge >= 0.3 is 0 Å². The van der Waals surface area contributed by atoms with Crippen LogP contribution in [0.5, 0.6) is 0 Å². The highest BCUT2D eigenvalue weighted by Gasteiger charge is 2.26. The van der Waals surface area contributed by atoms with Crippen LogP contribution in [0, 0.1) is 0 Å². The molecule has 2 saturated heterocycles. The zero-order chi connectivity index (χ0) is 19.9. The molecule has 2 aliphatic rings. The molecule has 3 rings (SSSR count). The molecule has 0 bridgehead atoms. The van der Waals surface area contributed by atoms with E-state index in [0.717, 1.165) is 36.6 Å². The number of amides is 2. The summed E-state index contributed by atoms with van der Waals surface area (Å²) in [7, 11) is 1.92. The third-order valence-electron chi connectivity index (χ3n) is 5.67. The Morgan fingerprint density at radius 3 is 2.64 bits per heavy atom. The maximum atomic E-state index is 12.5. The van der Waals surface area contributed by atoms with Crippen LogP contribution < -0.4 is 5.32 Å². The Kier molecular flexibility index (Phi) is 7.71. The number of rotatable bonds is 9. The van der Waals surface area contributed by atoms with Crippen molar-refractivity contribution in [2.24, 2.45) is 0 Å². The second kappa shape index (κ2) is 10.2. The summed E-state index contributed by atoms with van der Waals surface area (Å²) >= 11 is 6.43. The summed E-state index contributed by atoms with van der Waals surface area (Å²) < 4.78 is 0. The molecule has 1 N–H and O–H groups in total. The Balaban J connectivity index is 1.49. The van der Waals surface area contributed by atoms with E-state index in [1.54, 1.807) is 0 Å². The molecule has 1 atom stereocenters. The first-order valence-corrected chi connectivity index (χ1v) is 10.6. The van der Waals surface area contributed by atoms with Gasteiger partial charge in [0.25, 0.3) is 0 Å². The molecule has 2 amide bonds. The maximum absolute atomic E-state index is 12.5. The zero-order valence-corrected chi connectivity index (χ0v) is 17.5. The number of hydrogen-bond acceptors (Lipinski definition) is 4. The largest absolute Gasteiger partial charge is 0.353 e. The van der Waals surface area contributed by atoms with Crippen LogP contribution in [-0.4, -0.2) is 79.4 Å². The molecule has 28 heavy (non-hydrogen) atoms. The molecule has 2 fully saturated rings. The molecule has 1 aromatic rings. The monoisotopic (exact) mass is 406 g/mol. The number of benzene rings is 1. The van der Waals surface area contributed by atoms with Gasteiger partial charge in [0.15, 0.2) is 0 Å². The number of nitrogens with one attached hydrogen (secondary N) is 1. The summed E-state index contributed by atoms with van der Waals surface area (Å²) in [6.07, 6.45) is 3.98. The molecule has 2 aliphatic heterocycles. The van der Waals surface area contributed by atoms with Crippen LogP contribution in [0.3, 0.4) is 0 Å². The summed E-state index contributed by atoms with van der Waals surface area (Å²) in [5.74, 6) is 0.234. The van der Waals surface area contributed by atoms with Crippen LogP contribution in [0.1, 0.15) is 37.3 Å². The SMILES string of the molecule is CN(CCN1CCCC1=O)CC(=O)NCC(c1ccccc1Cl)N1CCCC1. The fraction of sp³-hybridized carbons (Fsp3) is 0.619. The molecule has 7 heteroatoms. The molecule has 0 radical (unpaired) electrons. The number of likely N-dealkylation sites (N-methyl/N-ethyl adjacent to an activating group) is 1. The van der Waals surface area contributed by atoms with Gasteiger partial charge in [0.05, 0.1) is 12.6 Å². The van der Waals surface area contributed by atoms with Crippen LogP contribution in [0.2, 0.25) is 5.02 Å². The van der Waals surface area contributed by atoms with Crippen molar-refractivity contribution < 1.29 is 9.59 Å². The van der Waals surface area contributed by atoms with Crippen LogP contribution >= 0.6 is 11.6 Å². The molecular weight excluding hydrogens is 376 g/mol. The topological polar surface area (TPSA) is 55.9 Å². The number of nitrogens with zero attached hydrogens (tertiary/aromatic N) is 3. The summed E-state index contributed by atoms with van der Waals surface area (Å²) in [5.41, 5.74) is 1.08. The normalized spacial score (nSPS) is 18.8. The van der Waals surface area contributed by atoms with E-state index in [2.05, 4.69) is 16.3 Å². The Morgan fingerprint density at radius 2 is 1.96 bits per heavy atom. The van der Waals surface area contributed by atoms with E-state index in [0.29, 0.717) is 32.6 Å². The van der Waals surface area contributed by atoms with Gasteiger partial charge in [0.1, 0.15) is 0 Å². The molecule has 6 nitrogen and oxygen atoms in total. The van der Waals surface area contributed by atoms with Crippen molar-refractivity contribution in [1.82, 2.24) is 20.0 Å². The molecule has 0 spiro atoms. The third-order valence-corrected chi connectivity index (χ3v) is 6.02. The van der Waals surface area contributed by atoms with Crippen LogP contribution in [-0.2, 0) is 9.59 Å². The number of hydrogen-bond donors (Lipinski definition) is 1. The van der Waals surface area contributed by atoms with Gasteiger partial charge in [-0.2, -0.15) is 0 Å². The number of carbonyl (C=O) groups excluding carboxylic acids is 2. The van der Waals surface area contributed by atoms with E-state index < -0.39 is 0 Å². The lowest BCUT2D eigenvalue weighted by molar-refractivity contribution is -0.127. The van der Waals surface area contributed by atoms with Crippen molar-refractivity contribution in [1.29, 1.82) is 0 Å². The highest BCUT2D eigenvalue weighted by Crippen LogP contribution is 2.29. The van der Waals surface area contributed by atoms with Crippen molar-refractivity contribution >= 4 is 23.4 Å².